The van der Waals surface area contributed by atoms with Crippen LogP contribution < -0.4 is 11.5 Å². The van der Waals surface area contributed by atoms with Crippen LogP contribution in [0.3, 0.4) is 0 Å². The van der Waals surface area contributed by atoms with Crippen molar-refractivity contribution in [3.05, 3.63) is 43.2 Å². The molecule has 0 amide bonds. The maximum Gasteiger partial charge on any atom is 0.149 e. The van der Waals surface area contributed by atoms with Crippen LogP contribution in [0, 0.1) is 0 Å². The fraction of sp³-hybridized carbons (Fsp3) is 0.333. The molecule has 0 aliphatic carbocycles. The van der Waals surface area contributed by atoms with Gasteiger partial charge in [-0.3, -0.25) is 18.7 Å². The Morgan fingerprint density at radius 2 is 1.93 bits per heavy atom. The number of hydrogen-bond acceptors (Lipinski definition) is 7. The van der Waals surface area contributed by atoms with Crippen LogP contribution in [-0.2, 0) is 12.6 Å². The molecule has 0 saturated carbocycles. The molecule has 4 N–H and O–H groups in total. The first kappa shape index (κ1) is 17.0. The summed E-state index contributed by atoms with van der Waals surface area (Å²) in [6.45, 7) is 2.63. The van der Waals surface area contributed by atoms with Gasteiger partial charge in [0, 0.05) is 69.8 Å². The zero-order chi connectivity index (χ0) is 19.3. The number of hydrogen-bond donors (Lipinski definition) is 2. The lowest BCUT2D eigenvalue weighted by Gasteiger charge is -2.49. The van der Waals surface area contributed by atoms with Gasteiger partial charge in [-0.1, -0.05) is 0 Å². The molecular formula is C18H22N10. The van der Waals surface area contributed by atoms with Gasteiger partial charge in [-0.05, 0) is 0 Å². The van der Waals surface area contributed by atoms with Gasteiger partial charge in [-0.25, -0.2) is 9.97 Å². The van der Waals surface area contributed by atoms with Crippen LogP contribution in [0.25, 0.3) is 28.3 Å². The van der Waals surface area contributed by atoms with Gasteiger partial charge in [0.2, 0.25) is 0 Å². The summed E-state index contributed by atoms with van der Waals surface area (Å²) in [5.74, 6) is 0.780. The highest BCUT2D eigenvalue weighted by molar-refractivity contribution is 5.68. The van der Waals surface area contributed by atoms with Crippen LogP contribution in [0.1, 0.15) is 0 Å². The summed E-state index contributed by atoms with van der Waals surface area (Å²) in [6, 6.07) is 1.96. The van der Waals surface area contributed by atoms with Crippen molar-refractivity contribution in [3.8, 4) is 22.6 Å². The molecule has 4 aromatic rings. The number of nitrogens with zero attached hydrogens (tertiary/aromatic N) is 8. The standard InChI is InChI=1S/C18H22N10/c1-25-7-13(5-22-25)15-4-16-21-2-3-27(16)17(24-15)14-6-23-28(8-14)18(9-19)10-26(11-18)12-20/h2-8H,9-12,19-20H2,1H3. The predicted molar refractivity (Wildman–Crippen MR) is 104 cm³/mol. The number of aromatic nitrogens is 7. The highest BCUT2D eigenvalue weighted by Gasteiger charge is 2.43. The molecule has 1 aliphatic rings. The van der Waals surface area contributed by atoms with Crippen LogP contribution in [0.15, 0.2) is 43.2 Å². The second-order valence-corrected chi connectivity index (χ2v) is 7.29. The molecule has 0 unspecified atom stereocenters. The Morgan fingerprint density at radius 1 is 1.11 bits per heavy atom. The third-order valence-electron chi connectivity index (χ3n) is 5.39. The predicted octanol–water partition coefficient (Wildman–Crippen LogP) is -0.121. The summed E-state index contributed by atoms with van der Waals surface area (Å²) in [5, 5.41) is 8.85. The number of fused-ring (bicyclic) bond motifs is 1. The van der Waals surface area contributed by atoms with Gasteiger partial charge in [0.1, 0.15) is 17.0 Å². The van der Waals surface area contributed by atoms with E-state index in [9.17, 15) is 0 Å². The molecule has 1 aliphatic heterocycles. The van der Waals surface area contributed by atoms with Gasteiger partial charge >= 0.3 is 0 Å². The van der Waals surface area contributed by atoms with Crippen molar-refractivity contribution in [3.63, 3.8) is 0 Å². The van der Waals surface area contributed by atoms with Crippen molar-refractivity contribution in [2.24, 2.45) is 18.5 Å². The zero-order valence-corrected chi connectivity index (χ0v) is 15.6. The lowest BCUT2D eigenvalue weighted by Crippen LogP contribution is -2.67. The number of nitrogens with two attached hydrogens (primary N) is 2. The maximum absolute atomic E-state index is 6.07. The van der Waals surface area contributed by atoms with Gasteiger partial charge < -0.3 is 11.5 Å². The SMILES string of the molecule is Cn1cc(-c2cc3nccn3c(-c3cnn(C4(CN)CN(CN)C4)c3)n2)cn1. The summed E-state index contributed by atoms with van der Waals surface area (Å²) in [5.41, 5.74) is 15.1. The lowest BCUT2D eigenvalue weighted by molar-refractivity contribution is 0.0108. The normalized spacial score (nSPS) is 16.5. The van der Waals surface area contributed by atoms with Crippen LogP contribution in [0.4, 0.5) is 0 Å². The molecule has 0 atom stereocenters. The molecule has 5 rings (SSSR count). The Balaban J connectivity index is 1.58. The second-order valence-electron chi connectivity index (χ2n) is 7.29. The van der Waals surface area contributed by atoms with Crippen molar-refractivity contribution in [2.45, 2.75) is 5.54 Å². The summed E-state index contributed by atoms with van der Waals surface area (Å²) in [7, 11) is 1.89. The molecule has 0 aromatic carbocycles. The molecule has 10 heteroatoms. The summed E-state index contributed by atoms with van der Waals surface area (Å²) in [4.78, 5) is 11.5. The van der Waals surface area contributed by atoms with Crippen molar-refractivity contribution in [1.82, 2.24) is 38.8 Å². The molecule has 1 saturated heterocycles. The Labute approximate surface area is 161 Å². The van der Waals surface area contributed by atoms with Crippen molar-refractivity contribution >= 4 is 5.65 Å². The third kappa shape index (κ3) is 2.53. The summed E-state index contributed by atoms with van der Waals surface area (Å²) >= 11 is 0. The smallest absolute Gasteiger partial charge is 0.149 e. The number of rotatable bonds is 5. The first-order chi connectivity index (χ1) is 13.6. The van der Waals surface area contributed by atoms with Crippen molar-refractivity contribution in [2.75, 3.05) is 26.3 Å². The quantitative estimate of drug-likeness (QED) is 0.496. The molecule has 144 valence electrons. The Morgan fingerprint density at radius 3 is 2.64 bits per heavy atom. The third-order valence-corrected chi connectivity index (χ3v) is 5.39. The van der Waals surface area contributed by atoms with Gasteiger partial charge in [0.15, 0.2) is 0 Å². The van der Waals surface area contributed by atoms with E-state index in [1.54, 1.807) is 17.1 Å². The van der Waals surface area contributed by atoms with E-state index in [2.05, 4.69) is 20.1 Å². The van der Waals surface area contributed by atoms with E-state index in [0.29, 0.717) is 13.2 Å². The minimum atomic E-state index is -0.216. The van der Waals surface area contributed by atoms with E-state index in [1.165, 1.54) is 0 Å². The van der Waals surface area contributed by atoms with E-state index >= 15 is 0 Å². The van der Waals surface area contributed by atoms with Gasteiger partial charge in [0.25, 0.3) is 0 Å². The molecule has 0 spiro atoms. The highest BCUT2D eigenvalue weighted by atomic mass is 15.4. The highest BCUT2D eigenvalue weighted by Crippen LogP contribution is 2.30. The monoisotopic (exact) mass is 378 g/mol. The van der Waals surface area contributed by atoms with Crippen LogP contribution in [0.2, 0.25) is 0 Å². The fourth-order valence-corrected chi connectivity index (χ4v) is 3.81. The van der Waals surface area contributed by atoms with Crippen LogP contribution >= 0.6 is 0 Å². The number of likely N-dealkylation sites (tertiary alicyclic amines) is 1. The van der Waals surface area contributed by atoms with E-state index in [4.69, 9.17) is 16.5 Å². The average molecular weight is 378 g/mol. The molecular weight excluding hydrogens is 356 g/mol. The molecule has 5 heterocycles. The minimum Gasteiger partial charge on any atom is -0.328 e. The summed E-state index contributed by atoms with van der Waals surface area (Å²) in [6.07, 6.45) is 11.2. The molecule has 1 fully saturated rings. The molecule has 4 aromatic heterocycles. The lowest BCUT2D eigenvalue weighted by atomic mass is 9.90. The van der Waals surface area contributed by atoms with Crippen molar-refractivity contribution < 1.29 is 0 Å². The van der Waals surface area contributed by atoms with E-state index in [-0.39, 0.29) is 5.54 Å². The average Bonchev–Trinajstić information content (AvgIpc) is 3.41. The molecule has 28 heavy (non-hydrogen) atoms. The maximum atomic E-state index is 6.07. The first-order valence-electron chi connectivity index (χ1n) is 9.13. The van der Waals surface area contributed by atoms with Gasteiger partial charge in [0.05, 0.1) is 23.7 Å². The molecule has 0 bridgehead atoms. The number of aryl methyl sites for hydroxylation is 1. The molecule has 10 nitrogen and oxygen atoms in total. The first-order valence-corrected chi connectivity index (χ1v) is 9.13. The largest absolute Gasteiger partial charge is 0.328 e. The Hall–Kier alpha value is -3.08. The molecule has 0 radical (unpaired) electrons. The minimum absolute atomic E-state index is 0.216. The van der Waals surface area contributed by atoms with E-state index < -0.39 is 0 Å². The van der Waals surface area contributed by atoms with Crippen molar-refractivity contribution in [1.29, 1.82) is 0 Å². The van der Waals surface area contributed by atoms with Gasteiger partial charge in [-0.15, -0.1) is 0 Å². The zero-order valence-electron chi connectivity index (χ0n) is 15.6. The van der Waals surface area contributed by atoms with E-state index in [1.807, 2.05) is 47.0 Å². The Kier molecular flexibility index (Phi) is 3.79. The number of imidazole rings is 1. The van der Waals surface area contributed by atoms with Gasteiger partial charge in [-0.2, -0.15) is 10.2 Å². The fourth-order valence-electron chi connectivity index (χ4n) is 3.81. The van der Waals surface area contributed by atoms with Crippen LogP contribution in [0.5, 0.6) is 0 Å². The topological polar surface area (TPSA) is 121 Å². The van der Waals surface area contributed by atoms with E-state index in [0.717, 1.165) is 41.4 Å². The van der Waals surface area contributed by atoms with Crippen LogP contribution in [-0.4, -0.2) is 65.1 Å². The summed E-state index contributed by atoms with van der Waals surface area (Å²) < 4.78 is 5.67. The second kappa shape index (κ2) is 6.23. The Bertz CT molecular complexity index is 1130.